The van der Waals surface area contributed by atoms with Crippen molar-refractivity contribution in [3.8, 4) is 0 Å². The predicted octanol–water partition coefficient (Wildman–Crippen LogP) is 2.99. The summed E-state index contributed by atoms with van der Waals surface area (Å²) in [6.45, 7) is 0. The smallest absolute Gasteiger partial charge is 0.133 e. The number of benzene rings is 1. The van der Waals surface area contributed by atoms with Crippen LogP contribution in [0.2, 0.25) is 0 Å². The number of rotatable bonds is 2. The van der Waals surface area contributed by atoms with Crippen molar-refractivity contribution in [2.75, 3.05) is 6.26 Å². The molecule has 0 bridgehead atoms. The molecule has 1 unspecified atom stereocenters. The molecule has 0 amide bonds. The van der Waals surface area contributed by atoms with Crippen LogP contribution >= 0.6 is 22.2 Å². The van der Waals surface area contributed by atoms with E-state index in [4.69, 9.17) is 0 Å². The summed E-state index contributed by atoms with van der Waals surface area (Å²) in [6.07, 6.45) is 4.11. The summed E-state index contributed by atoms with van der Waals surface area (Å²) in [5.41, 5.74) is 0. The summed E-state index contributed by atoms with van der Waals surface area (Å²) in [7, 11) is -0.246. The fourth-order valence-corrected chi connectivity index (χ4v) is 3.65. The quantitative estimate of drug-likeness (QED) is 0.749. The Bertz CT molecular complexity index is 356. The van der Waals surface area contributed by atoms with Crippen molar-refractivity contribution in [1.82, 2.24) is 4.98 Å². The van der Waals surface area contributed by atoms with Crippen LogP contribution in [0.25, 0.3) is 0 Å². The highest BCUT2D eigenvalue weighted by atomic mass is 32.2. The highest BCUT2D eigenvalue weighted by Crippen LogP contribution is 2.41. The van der Waals surface area contributed by atoms with Gasteiger partial charge in [0.25, 0.3) is 0 Å². The molecule has 2 rings (SSSR count). The van der Waals surface area contributed by atoms with E-state index in [2.05, 4.69) is 29.4 Å². The second-order valence-corrected chi connectivity index (χ2v) is 5.89. The Balaban J connectivity index is 2.29. The lowest BCUT2D eigenvalue weighted by molar-refractivity contribution is 1.24. The zero-order chi connectivity index (χ0) is 9.10. The summed E-state index contributed by atoms with van der Waals surface area (Å²) in [5, 5.41) is 2.03. The molecule has 0 saturated carbocycles. The standard InChI is InChI=1S/C10H10NS2/c1-13(10-11-7-8-12-10)9-5-3-2-4-6-9/h3-8,13H,1H3. The Kier molecular flexibility index (Phi) is 2.66. The third-order valence-corrected chi connectivity index (χ3v) is 5.27. The lowest BCUT2D eigenvalue weighted by atomic mass is 10.4. The summed E-state index contributed by atoms with van der Waals surface area (Å²) in [6, 6.07) is 11.2. The highest BCUT2D eigenvalue weighted by Gasteiger charge is 2.04. The van der Waals surface area contributed by atoms with Crippen LogP contribution in [0.15, 0.2) is 45.1 Å². The topological polar surface area (TPSA) is 12.9 Å². The third-order valence-electron chi connectivity index (χ3n) is 1.79. The van der Waals surface area contributed by atoms with Crippen LogP contribution in [0.3, 0.4) is 0 Å². The van der Waals surface area contributed by atoms with Gasteiger partial charge in [-0.15, -0.1) is 11.3 Å². The van der Waals surface area contributed by atoms with E-state index in [-0.39, 0.29) is 10.9 Å². The van der Waals surface area contributed by atoms with E-state index >= 15 is 0 Å². The Morgan fingerprint density at radius 1 is 1.38 bits per heavy atom. The third kappa shape index (κ3) is 1.92. The second-order valence-electron chi connectivity index (χ2n) is 2.63. The molecule has 1 atom stereocenters. The largest absolute Gasteiger partial charge is 0.240 e. The summed E-state index contributed by atoms with van der Waals surface area (Å²) < 4.78 is 1.24. The van der Waals surface area contributed by atoms with E-state index in [9.17, 15) is 0 Å². The number of thiol groups is 1. The molecule has 2 aromatic rings. The first-order valence-corrected chi connectivity index (χ1v) is 6.64. The van der Waals surface area contributed by atoms with Gasteiger partial charge in [-0.3, -0.25) is 0 Å². The maximum atomic E-state index is 4.33. The Morgan fingerprint density at radius 2 is 2.15 bits per heavy atom. The first-order chi connectivity index (χ1) is 6.38. The first-order valence-electron chi connectivity index (χ1n) is 3.97. The molecule has 67 valence electrons. The SMILES string of the molecule is C[SH](c1cc[c]cc1)c1nccs1. The number of hydrogen-bond donors (Lipinski definition) is 1. The van der Waals surface area contributed by atoms with Gasteiger partial charge < -0.3 is 0 Å². The molecule has 1 aromatic heterocycles. The van der Waals surface area contributed by atoms with E-state index in [0.29, 0.717) is 0 Å². The lowest BCUT2D eigenvalue weighted by Gasteiger charge is -2.12. The highest BCUT2D eigenvalue weighted by molar-refractivity contribution is 8.17. The van der Waals surface area contributed by atoms with Crippen molar-refractivity contribution in [1.29, 1.82) is 0 Å². The maximum absolute atomic E-state index is 4.33. The van der Waals surface area contributed by atoms with Gasteiger partial charge in [-0.1, -0.05) is 12.1 Å². The zero-order valence-electron chi connectivity index (χ0n) is 7.27. The van der Waals surface area contributed by atoms with Gasteiger partial charge in [0.2, 0.25) is 0 Å². The minimum Gasteiger partial charge on any atom is -0.240 e. The fourth-order valence-electron chi connectivity index (χ4n) is 1.09. The number of aromatic nitrogens is 1. The van der Waals surface area contributed by atoms with Gasteiger partial charge in [-0.2, -0.15) is 10.9 Å². The van der Waals surface area contributed by atoms with Crippen molar-refractivity contribution in [2.45, 2.75) is 9.24 Å². The minimum absolute atomic E-state index is 0.246. The van der Waals surface area contributed by atoms with Crippen molar-refractivity contribution < 1.29 is 0 Å². The van der Waals surface area contributed by atoms with E-state index in [1.165, 1.54) is 9.24 Å². The van der Waals surface area contributed by atoms with Gasteiger partial charge in [0.15, 0.2) is 0 Å². The molecule has 0 aliphatic heterocycles. The molecule has 1 nitrogen and oxygen atoms in total. The molecule has 1 aromatic carbocycles. The average Bonchev–Trinajstić information content (AvgIpc) is 2.71. The van der Waals surface area contributed by atoms with E-state index < -0.39 is 0 Å². The fraction of sp³-hybridized carbons (Fsp3) is 0.100. The molecular formula is C10H10NS2. The predicted molar refractivity (Wildman–Crippen MR) is 58.8 cm³/mol. The van der Waals surface area contributed by atoms with Crippen molar-refractivity contribution in [3.63, 3.8) is 0 Å². The van der Waals surface area contributed by atoms with Crippen LogP contribution in [0.5, 0.6) is 0 Å². The van der Waals surface area contributed by atoms with Crippen molar-refractivity contribution in [2.24, 2.45) is 0 Å². The molecule has 0 fully saturated rings. The Morgan fingerprint density at radius 3 is 2.77 bits per heavy atom. The van der Waals surface area contributed by atoms with E-state index in [0.717, 1.165) is 0 Å². The van der Waals surface area contributed by atoms with Gasteiger partial charge in [0.1, 0.15) is 4.34 Å². The van der Waals surface area contributed by atoms with Gasteiger partial charge >= 0.3 is 0 Å². The molecule has 13 heavy (non-hydrogen) atoms. The normalized spacial score (nSPS) is 14.1. The van der Waals surface area contributed by atoms with Gasteiger partial charge in [-0.25, -0.2) is 4.98 Å². The van der Waals surface area contributed by atoms with Crippen LogP contribution in [0, 0.1) is 6.07 Å². The molecule has 1 heterocycles. The summed E-state index contributed by atoms with van der Waals surface area (Å²) in [5.74, 6) is 0. The molecule has 0 N–H and O–H groups in total. The molecule has 0 saturated heterocycles. The average molecular weight is 208 g/mol. The van der Waals surface area contributed by atoms with Gasteiger partial charge in [0, 0.05) is 11.6 Å². The van der Waals surface area contributed by atoms with Crippen LogP contribution in [0.4, 0.5) is 0 Å². The first kappa shape index (κ1) is 8.78. The number of thiazole rings is 1. The molecule has 3 heteroatoms. The maximum Gasteiger partial charge on any atom is 0.133 e. The molecule has 0 aliphatic rings. The Labute approximate surface area is 84.8 Å². The van der Waals surface area contributed by atoms with Crippen molar-refractivity contribution >= 4 is 22.2 Å². The van der Waals surface area contributed by atoms with E-state index in [1.807, 2.05) is 23.7 Å². The molecule has 0 aliphatic carbocycles. The molecular weight excluding hydrogens is 198 g/mol. The van der Waals surface area contributed by atoms with Crippen LogP contribution < -0.4 is 0 Å². The minimum atomic E-state index is -0.246. The summed E-state index contributed by atoms with van der Waals surface area (Å²) in [4.78, 5) is 5.69. The second kappa shape index (κ2) is 3.94. The number of hydrogen-bond acceptors (Lipinski definition) is 2. The van der Waals surface area contributed by atoms with Crippen LogP contribution in [-0.4, -0.2) is 11.2 Å². The zero-order valence-corrected chi connectivity index (χ0v) is 8.98. The van der Waals surface area contributed by atoms with Crippen LogP contribution in [-0.2, 0) is 0 Å². The number of nitrogens with zero attached hydrogens (tertiary/aromatic N) is 1. The summed E-state index contributed by atoms with van der Waals surface area (Å²) >= 11 is 1.73. The molecule has 1 radical (unpaired) electrons. The van der Waals surface area contributed by atoms with Gasteiger partial charge in [0.05, 0.1) is 0 Å². The molecule has 0 spiro atoms. The van der Waals surface area contributed by atoms with Crippen molar-refractivity contribution in [3.05, 3.63) is 41.9 Å². The van der Waals surface area contributed by atoms with E-state index in [1.54, 1.807) is 11.3 Å². The van der Waals surface area contributed by atoms with Gasteiger partial charge in [-0.05, 0) is 29.4 Å². The lowest BCUT2D eigenvalue weighted by Crippen LogP contribution is -1.80. The monoisotopic (exact) mass is 208 g/mol. The van der Waals surface area contributed by atoms with Crippen LogP contribution in [0.1, 0.15) is 0 Å². The Hall–Kier alpha value is -0.800.